The van der Waals surface area contributed by atoms with Gasteiger partial charge in [0, 0.05) is 11.3 Å². The lowest BCUT2D eigenvalue weighted by Crippen LogP contribution is -2.37. The molecule has 76 valence electrons. The highest BCUT2D eigenvalue weighted by Crippen LogP contribution is 2.40. The van der Waals surface area contributed by atoms with Crippen LogP contribution in [0, 0.1) is 0 Å². The molecule has 1 spiro atoms. The summed E-state index contributed by atoms with van der Waals surface area (Å²) in [7, 11) is 0. The van der Waals surface area contributed by atoms with Crippen LogP contribution in [0.15, 0.2) is 24.3 Å². The first-order valence-electron chi connectivity index (χ1n) is 4.60. The van der Waals surface area contributed by atoms with E-state index in [0.717, 1.165) is 0 Å². The van der Waals surface area contributed by atoms with E-state index in [1.54, 1.807) is 12.1 Å². The Morgan fingerprint density at radius 3 is 2.80 bits per heavy atom. The molecule has 1 atom stereocenters. The molecular weight excluding hydrogens is 196 g/mol. The molecule has 2 N–H and O–H groups in total. The summed E-state index contributed by atoms with van der Waals surface area (Å²) in [5.41, 5.74) is 0.264. The molecule has 0 aliphatic carbocycles. The van der Waals surface area contributed by atoms with Crippen molar-refractivity contribution in [3.8, 4) is 0 Å². The zero-order chi connectivity index (χ0) is 10.5. The van der Waals surface area contributed by atoms with E-state index in [1.165, 1.54) is 0 Å². The number of amides is 2. The van der Waals surface area contributed by atoms with Gasteiger partial charge in [-0.05, 0) is 6.07 Å². The maximum Gasteiger partial charge on any atom is 0.408 e. The summed E-state index contributed by atoms with van der Waals surface area (Å²) in [6.07, 6.45) is -0.554. The zero-order valence-electron chi connectivity index (χ0n) is 7.74. The van der Waals surface area contributed by atoms with E-state index in [1.807, 2.05) is 12.1 Å². The summed E-state index contributed by atoms with van der Waals surface area (Å²) in [5.74, 6) is -0.290. The maximum absolute atomic E-state index is 11.8. The van der Waals surface area contributed by atoms with Crippen LogP contribution in [0.4, 0.5) is 10.5 Å². The van der Waals surface area contributed by atoms with Crippen molar-refractivity contribution < 1.29 is 14.3 Å². The van der Waals surface area contributed by atoms with Crippen LogP contribution in [-0.2, 0) is 15.1 Å². The van der Waals surface area contributed by atoms with Gasteiger partial charge in [-0.2, -0.15) is 0 Å². The fraction of sp³-hybridized carbons (Fsp3) is 0.200. The minimum absolute atomic E-state index is 0.189. The number of ether oxygens (including phenoxy) is 1. The van der Waals surface area contributed by atoms with Gasteiger partial charge in [-0.15, -0.1) is 0 Å². The molecule has 2 heterocycles. The number of fused-ring (bicyclic) bond motifs is 2. The van der Waals surface area contributed by atoms with Crippen molar-refractivity contribution in [2.75, 3.05) is 11.9 Å². The van der Waals surface area contributed by atoms with Crippen LogP contribution in [0.1, 0.15) is 5.56 Å². The Hall–Kier alpha value is -2.04. The standard InChI is InChI=1S/C10H8N2O3/c13-8-10(5-11-9(14)15-10)6-3-1-2-4-7(6)12-8/h1-4H,5H2,(H,11,14)(H,12,13)/t10-/m1/s1. The van der Waals surface area contributed by atoms with Crippen molar-refractivity contribution in [1.82, 2.24) is 5.32 Å². The maximum atomic E-state index is 11.8. The summed E-state index contributed by atoms with van der Waals surface area (Å²) in [6, 6.07) is 7.21. The number of rotatable bonds is 0. The number of hydrogen-bond donors (Lipinski definition) is 2. The van der Waals surface area contributed by atoms with Gasteiger partial charge in [0.1, 0.15) is 0 Å². The van der Waals surface area contributed by atoms with E-state index in [9.17, 15) is 9.59 Å². The number of benzene rings is 1. The van der Waals surface area contributed by atoms with Gasteiger partial charge in [0.15, 0.2) is 0 Å². The van der Waals surface area contributed by atoms with Gasteiger partial charge in [-0.25, -0.2) is 4.79 Å². The SMILES string of the molecule is O=C1NC[C@]2(O1)C(=O)Nc1ccccc12. The number of hydrogen-bond acceptors (Lipinski definition) is 3. The molecule has 1 aromatic rings. The van der Waals surface area contributed by atoms with E-state index in [-0.39, 0.29) is 12.5 Å². The van der Waals surface area contributed by atoms with Gasteiger partial charge >= 0.3 is 6.09 Å². The third-order valence-electron chi connectivity index (χ3n) is 2.73. The second kappa shape index (κ2) is 2.50. The molecule has 1 fully saturated rings. The van der Waals surface area contributed by atoms with Crippen LogP contribution >= 0.6 is 0 Å². The minimum Gasteiger partial charge on any atom is -0.426 e. The first-order valence-corrected chi connectivity index (χ1v) is 4.60. The Bertz CT molecular complexity index is 471. The fourth-order valence-electron chi connectivity index (χ4n) is 1.99. The van der Waals surface area contributed by atoms with Gasteiger partial charge in [0.2, 0.25) is 5.60 Å². The molecule has 3 rings (SSSR count). The van der Waals surface area contributed by atoms with E-state index >= 15 is 0 Å². The molecule has 0 aromatic heterocycles. The Labute approximate surface area is 85.4 Å². The molecule has 0 bridgehead atoms. The lowest BCUT2D eigenvalue weighted by atomic mass is 9.96. The summed E-state index contributed by atoms with van der Waals surface area (Å²) in [4.78, 5) is 22.8. The third-order valence-corrected chi connectivity index (χ3v) is 2.73. The van der Waals surface area contributed by atoms with Crippen molar-refractivity contribution in [3.05, 3.63) is 29.8 Å². The monoisotopic (exact) mass is 204 g/mol. The highest BCUT2D eigenvalue weighted by atomic mass is 16.6. The second-order valence-electron chi connectivity index (χ2n) is 3.57. The van der Waals surface area contributed by atoms with Crippen molar-refractivity contribution in [3.63, 3.8) is 0 Å². The Kier molecular flexibility index (Phi) is 1.38. The average molecular weight is 204 g/mol. The predicted molar refractivity (Wildman–Crippen MR) is 51.2 cm³/mol. The number of carbonyl (C=O) groups is 2. The molecule has 0 unspecified atom stereocenters. The molecule has 2 amide bonds. The molecule has 5 nitrogen and oxygen atoms in total. The van der Waals surface area contributed by atoms with Gasteiger partial charge in [0.05, 0.1) is 6.54 Å². The number of carbonyl (C=O) groups excluding carboxylic acids is 2. The van der Waals surface area contributed by atoms with Gasteiger partial charge in [-0.3, -0.25) is 4.79 Å². The lowest BCUT2D eigenvalue weighted by molar-refractivity contribution is -0.130. The van der Waals surface area contributed by atoms with Gasteiger partial charge < -0.3 is 15.4 Å². The van der Waals surface area contributed by atoms with Gasteiger partial charge in [-0.1, -0.05) is 18.2 Å². The number of para-hydroxylation sites is 1. The van der Waals surface area contributed by atoms with E-state index < -0.39 is 11.7 Å². The summed E-state index contributed by atoms with van der Waals surface area (Å²) < 4.78 is 5.09. The van der Waals surface area contributed by atoms with E-state index in [4.69, 9.17) is 4.74 Å². The third kappa shape index (κ3) is 0.918. The van der Waals surface area contributed by atoms with Crippen LogP contribution in [0.3, 0.4) is 0 Å². The smallest absolute Gasteiger partial charge is 0.408 e. The summed E-state index contributed by atoms with van der Waals surface area (Å²) in [6.45, 7) is 0.189. The van der Waals surface area contributed by atoms with Gasteiger partial charge in [0.25, 0.3) is 5.91 Å². The molecule has 0 radical (unpaired) electrons. The first-order chi connectivity index (χ1) is 7.22. The van der Waals surface area contributed by atoms with E-state index in [2.05, 4.69) is 10.6 Å². The molecule has 0 saturated carbocycles. The summed E-state index contributed by atoms with van der Waals surface area (Å²) in [5, 5.41) is 5.20. The largest absolute Gasteiger partial charge is 0.426 e. The molecule has 5 heteroatoms. The summed E-state index contributed by atoms with van der Waals surface area (Å²) >= 11 is 0. The van der Waals surface area contributed by atoms with Crippen molar-refractivity contribution in [2.45, 2.75) is 5.60 Å². The Morgan fingerprint density at radius 2 is 2.07 bits per heavy atom. The second-order valence-corrected chi connectivity index (χ2v) is 3.57. The fourth-order valence-corrected chi connectivity index (χ4v) is 1.99. The predicted octanol–water partition coefficient (Wildman–Crippen LogP) is 0.574. The highest BCUT2D eigenvalue weighted by Gasteiger charge is 2.54. The molecule has 2 aliphatic rings. The first kappa shape index (κ1) is 8.28. The van der Waals surface area contributed by atoms with Crippen molar-refractivity contribution in [1.29, 1.82) is 0 Å². The highest BCUT2D eigenvalue weighted by molar-refractivity contribution is 6.07. The van der Waals surface area contributed by atoms with Crippen molar-refractivity contribution >= 4 is 17.7 Å². The quantitative estimate of drug-likeness (QED) is 0.649. The zero-order valence-corrected chi connectivity index (χ0v) is 7.74. The normalized spacial score (nSPS) is 27.2. The van der Waals surface area contributed by atoms with E-state index in [0.29, 0.717) is 11.3 Å². The molecule has 15 heavy (non-hydrogen) atoms. The number of alkyl carbamates (subject to hydrolysis) is 1. The lowest BCUT2D eigenvalue weighted by Gasteiger charge is -2.17. The van der Waals surface area contributed by atoms with Crippen molar-refractivity contribution in [2.24, 2.45) is 0 Å². The van der Waals surface area contributed by atoms with Crippen LogP contribution < -0.4 is 10.6 Å². The Balaban J connectivity index is 2.17. The minimum atomic E-state index is -1.16. The molecule has 1 saturated heterocycles. The van der Waals surface area contributed by atoms with Crippen LogP contribution in [0.25, 0.3) is 0 Å². The van der Waals surface area contributed by atoms with Crippen LogP contribution in [0.2, 0.25) is 0 Å². The number of anilines is 1. The molecule has 1 aromatic carbocycles. The molecular formula is C10H8N2O3. The number of nitrogens with one attached hydrogen (secondary N) is 2. The Morgan fingerprint density at radius 1 is 1.27 bits per heavy atom. The van der Waals surface area contributed by atoms with Crippen LogP contribution in [0.5, 0.6) is 0 Å². The average Bonchev–Trinajstić information content (AvgIpc) is 2.73. The topological polar surface area (TPSA) is 67.4 Å². The van der Waals surface area contributed by atoms with Crippen LogP contribution in [-0.4, -0.2) is 18.5 Å². The molecule has 2 aliphatic heterocycles.